The van der Waals surface area contributed by atoms with Gasteiger partial charge in [-0.3, -0.25) is 14.9 Å². The monoisotopic (exact) mass is 543 g/mol. The number of nitro benzene ring substituents is 1. The quantitative estimate of drug-likeness (QED) is 0.233. The lowest BCUT2D eigenvalue weighted by atomic mass is 9.67. The zero-order valence-corrected chi connectivity index (χ0v) is 23.3. The molecule has 0 heterocycles. The molecule has 206 valence electrons. The van der Waals surface area contributed by atoms with E-state index in [0.717, 1.165) is 30.9 Å². The third kappa shape index (κ3) is 6.67. The van der Waals surface area contributed by atoms with Crippen molar-refractivity contribution in [3.8, 4) is 5.75 Å². The molecule has 0 aliphatic heterocycles. The molecule has 0 aromatic heterocycles. The minimum atomic E-state index is -3.31. The zero-order chi connectivity index (χ0) is 28.1. The standard InChI is InChI=1S/C28H37N3O6S/c1-6-8-20(3)17-38(29,35)30-27(32)23-11-13-26(25(16-23)31(33)34)37-18-28(21(4)36-5)14-7-9-22-15-19(2)10-12-24(22)28/h6,10-13,15-16,20-21H,1,7-9,14,17-18H2,2-5H3,(H2,29,30,32,35)/t20-,21?,28+,38+/m0/s1. The molecule has 0 bridgehead atoms. The van der Waals surface area contributed by atoms with Gasteiger partial charge in [-0.15, -0.1) is 10.9 Å². The van der Waals surface area contributed by atoms with Crippen LogP contribution in [0.2, 0.25) is 0 Å². The molecule has 10 heteroatoms. The van der Waals surface area contributed by atoms with Gasteiger partial charge in [-0.05, 0) is 68.7 Å². The van der Waals surface area contributed by atoms with Gasteiger partial charge in [-0.2, -0.15) is 0 Å². The van der Waals surface area contributed by atoms with Crippen LogP contribution in [0.1, 0.15) is 60.2 Å². The number of allylic oxidation sites excluding steroid dienone is 1. The average Bonchev–Trinajstić information content (AvgIpc) is 2.85. The van der Waals surface area contributed by atoms with Gasteiger partial charge in [0.25, 0.3) is 5.91 Å². The second-order valence-corrected chi connectivity index (χ2v) is 12.1. The van der Waals surface area contributed by atoms with Crippen molar-refractivity contribution in [3.05, 3.63) is 81.4 Å². The maximum absolute atomic E-state index is 12.7. The molecule has 9 nitrogen and oxygen atoms in total. The van der Waals surface area contributed by atoms with Gasteiger partial charge in [0.2, 0.25) is 0 Å². The fraction of sp³-hybridized carbons (Fsp3) is 0.464. The highest BCUT2D eigenvalue weighted by atomic mass is 32.2. The third-order valence-corrected chi connectivity index (χ3v) is 8.74. The van der Waals surface area contributed by atoms with E-state index in [1.807, 2.05) is 13.8 Å². The van der Waals surface area contributed by atoms with E-state index in [1.165, 1.54) is 23.3 Å². The van der Waals surface area contributed by atoms with Crippen LogP contribution in [0.3, 0.4) is 0 Å². The van der Waals surface area contributed by atoms with Crippen LogP contribution in [-0.2, 0) is 26.5 Å². The van der Waals surface area contributed by atoms with E-state index in [9.17, 15) is 19.1 Å². The smallest absolute Gasteiger partial charge is 0.311 e. The lowest BCUT2D eigenvalue weighted by Gasteiger charge is -2.42. The number of hydrogen-bond acceptors (Lipinski definition) is 6. The number of nitro groups is 1. The molecule has 2 N–H and O–H groups in total. The number of carbonyl (C=O) groups is 1. The van der Waals surface area contributed by atoms with Crippen molar-refractivity contribution in [3.63, 3.8) is 0 Å². The number of hydrogen-bond donors (Lipinski definition) is 1. The Morgan fingerprint density at radius 3 is 2.71 bits per heavy atom. The summed E-state index contributed by atoms with van der Waals surface area (Å²) in [5.74, 6) is -0.919. The van der Waals surface area contributed by atoms with E-state index in [2.05, 4.69) is 36.1 Å². The maximum Gasteiger partial charge on any atom is 0.311 e. The van der Waals surface area contributed by atoms with E-state index >= 15 is 0 Å². The zero-order valence-electron chi connectivity index (χ0n) is 22.5. The summed E-state index contributed by atoms with van der Waals surface area (Å²) in [7, 11) is -1.66. The molecular formula is C28H37N3O6S. The molecule has 1 unspecified atom stereocenters. The Kier molecular flexibility index (Phi) is 9.45. The Labute approximate surface area is 224 Å². The maximum atomic E-state index is 12.7. The number of nitrogens with two attached hydrogens (primary N) is 1. The highest BCUT2D eigenvalue weighted by Gasteiger charge is 2.43. The van der Waals surface area contributed by atoms with Crippen molar-refractivity contribution in [1.82, 2.24) is 0 Å². The van der Waals surface area contributed by atoms with Crippen molar-refractivity contribution in [1.29, 1.82) is 0 Å². The molecule has 1 amide bonds. The minimum absolute atomic E-state index is 0.00874. The van der Waals surface area contributed by atoms with Crippen molar-refractivity contribution in [2.24, 2.45) is 15.4 Å². The first-order valence-corrected chi connectivity index (χ1v) is 14.4. The molecule has 38 heavy (non-hydrogen) atoms. The Balaban J connectivity index is 1.92. The molecule has 2 aromatic carbocycles. The fourth-order valence-electron chi connectivity index (χ4n) is 5.17. The van der Waals surface area contributed by atoms with Gasteiger partial charge >= 0.3 is 5.69 Å². The Morgan fingerprint density at radius 1 is 1.32 bits per heavy atom. The first-order chi connectivity index (χ1) is 17.9. The van der Waals surface area contributed by atoms with Crippen LogP contribution >= 0.6 is 0 Å². The van der Waals surface area contributed by atoms with Crippen LogP contribution in [0, 0.1) is 23.0 Å². The van der Waals surface area contributed by atoms with E-state index in [-0.39, 0.29) is 41.4 Å². The van der Waals surface area contributed by atoms with E-state index in [0.29, 0.717) is 6.42 Å². The summed E-state index contributed by atoms with van der Waals surface area (Å²) in [6, 6.07) is 10.2. The molecule has 4 atom stereocenters. The highest BCUT2D eigenvalue weighted by Crippen LogP contribution is 2.42. The molecule has 0 fully saturated rings. The first-order valence-electron chi connectivity index (χ1n) is 12.6. The molecule has 2 aromatic rings. The number of ether oxygens (including phenoxy) is 2. The first kappa shape index (κ1) is 29.5. The summed E-state index contributed by atoms with van der Waals surface area (Å²) in [5.41, 5.74) is 2.56. The van der Waals surface area contributed by atoms with Crippen LogP contribution in [-0.4, -0.2) is 40.6 Å². The number of benzene rings is 2. The number of fused-ring (bicyclic) bond motifs is 1. The molecule has 0 spiro atoms. The molecular weight excluding hydrogens is 506 g/mol. The second-order valence-electron chi connectivity index (χ2n) is 10.2. The predicted molar refractivity (Wildman–Crippen MR) is 149 cm³/mol. The normalized spacial score (nSPS) is 19.9. The molecule has 1 aliphatic carbocycles. The number of carbonyl (C=O) groups excluding carboxylic acids is 1. The van der Waals surface area contributed by atoms with Gasteiger partial charge < -0.3 is 9.47 Å². The predicted octanol–water partition coefficient (Wildman–Crippen LogP) is 5.29. The van der Waals surface area contributed by atoms with Gasteiger partial charge in [0.15, 0.2) is 5.75 Å². The topological polar surface area (TPSA) is 134 Å². The Morgan fingerprint density at radius 2 is 2.05 bits per heavy atom. The summed E-state index contributed by atoms with van der Waals surface area (Å²) < 4.78 is 28.2. The van der Waals surface area contributed by atoms with Crippen LogP contribution in [0.4, 0.5) is 5.69 Å². The second kappa shape index (κ2) is 12.2. The SMILES string of the molecule is C=CC[C@H](C)C[S@](N)(=O)=NC(=O)c1ccc(OC[C@@]2(C(C)OC)CCCc3cc(C)ccc32)c([N+](=O)[O-])c1. The average molecular weight is 544 g/mol. The molecule has 3 rings (SSSR count). The Hall–Kier alpha value is -3.08. The van der Waals surface area contributed by atoms with Crippen molar-refractivity contribution in [2.75, 3.05) is 19.5 Å². The number of amides is 1. The van der Waals surface area contributed by atoms with Crippen LogP contribution in [0.15, 0.2) is 53.4 Å². The minimum Gasteiger partial charge on any atom is -0.486 e. The lowest BCUT2D eigenvalue weighted by molar-refractivity contribution is -0.386. The van der Waals surface area contributed by atoms with E-state index < -0.39 is 26.2 Å². The molecule has 0 saturated heterocycles. The lowest BCUT2D eigenvalue weighted by Crippen LogP contribution is -2.46. The number of rotatable bonds is 11. The summed E-state index contributed by atoms with van der Waals surface area (Å²) >= 11 is 0. The summed E-state index contributed by atoms with van der Waals surface area (Å²) in [5, 5.41) is 17.7. The highest BCUT2D eigenvalue weighted by molar-refractivity contribution is 7.91. The van der Waals surface area contributed by atoms with Crippen LogP contribution < -0.4 is 9.88 Å². The van der Waals surface area contributed by atoms with Crippen molar-refractivity contribution >= 4 is 21.5 Å². The van der Waals surface area contributed by atoms with Crippen LogP contribution in [0.25, 0.3) is 0 Å². The molecule has 1 aliphatic rings. The number of nitrogens with zero attached hydrogens (tertiary/aromatic N) is 2. The fourth-order valence-corrected chi connectivity index (χ4v) is 6.58. The van der Waals surface area contributed by atoms with Gasteiger partial charge in [0.1, 0.15) is 16.5 Å². The van der Waals surface area contributed by atoms with Gasteiger partial charge in [-0.1, -0.05) is 36.8 Å². The van der Waals surface area contributed by atoms with Crippen LogP contribution in [0.5, 0.6) is 5.75 Å². The number of aryl methyl sites for hydroxylation is 2. The van der Waals surface area contributed by atoms with Gasteiger partial charge in [0, 0.05) is 24.5 Å². The largest absolute Gasteiger partial charge is 0.486 e. The van der Waals surface area contributed by atoms with Gasteiger partial charge in [0.05, 0.1) is 16.4 Å². The van der Waals surface area contributed by atoms with Gasteiger partial charge in [-0.25, -0.2) is 9.35 Å². The summed E-state index contributed by atoms with van der Waals surface area (Å²) in [6.45, 7) is 9.66. The van der Waals surface area contributed by atoms with Crippen molar-refractivity contribution in [2.45, 2.75) is 58.0 Å². The molecule has 0 saturated carbocycles. The van der Waals surface area contributed by atoms with Crippen molar-refractivity contribution < 1.29 is 23.4 Å². The van der Waals surface area contributed by atoms with E-state index in [4.69, 9.17) is 14.6 Å². The number of methoxy groups -OCH3 is 1. The molecule has 0 radical (unpaired) electrons. The summed E-state index contributed by atoms with van der Waals surface area (Å²) in [4.78, 5) is 24.0. The summed E-state index contributed by atoms with van der Waals surface area (Å²) in [6.07, 6.45) is 4.73. The third-order valence-electron chi connectivity index (χ3n) is 7.22. The van der Waals surface area contributed by atoms with E-state index in [1.54, 1.807) is 13.2 Å². The Bertz CT molecular complexity index is 1330.